The Labute approximate surface area is 130 Å². The van der Waals surface area contributed by atoms with Crippen LogP contribution in [0.5, 0.6) is 0 Å². The van der Waals surface area contributed by atoms with E-state index in [1.165, 1.54) is 31.2 Å². The number of hydrogen-bond donors (Lipinski definition) is 1. The molecule has 1 atom stereocenters. The van der Waals surface area contributed by atoms with Crippen molar-refractivity contribution in [2.24, 2.45) is 5.92 Å². The smallest absolute Gasteiger partial charge is 0.0734 e. The summed E-state index contributed by atoms with van der Waals surface area (Å²) in [7, 11) is 0. The van der Waals surface area contributed by atoms with Gasteiger partial charge in [-0.25, -0.2) is 0 Å². The molecule has 1 aromatic carbocycles. The number of rotatable bonds is 5. The third-order valence-electron chi connectivity index (χ3n) is 4.27. The van der Waals surface area contributed by atoms with Gasteiger partial charge in [-0.3, -0.25) is 0 Å². The van der Waals surface area contributed by atoms with Crippen LogP contribution in [0, 0.1) is 5.92 Å². The van der Waals surface area contributed by atoms with E-state index in [1.54, 1.807) is 0 Å². The maximum absolute atomic E-state index is 6.42. The van der Waals surface area contributed by atoms with E-state index in [1.807, 2.05) is 6.07 Å². The summed E-state index contributed by atoms with van der Waals surface area (Å²) < 4.78 is 5.85. The van der Waals surface area contributed by atoms with Gasteiger partial charge in [-0.1, -0.05) is 29.3 Å². The SMILES string of the molecule is Clc1ccc(C2CCCNC2)c(COCC2CC2)c1Cl. The Kier molecular flexibility index (Phi) is 4.87. The van der Waals surface area contributed by atoms with Crippen LogP contribution in [0.15, 0.2) is 12.1 Å². The molecule has 1 aliphatic carbocycles. The highest BCUT2D eigenvalue weighted by Gasteiger charge is 2.23. The predicted molar refractivity (Wildman–Crippen MR) is 83.7 cm³/mol. The van der Waals surface area contributed by atoms with Gasteiger partial charge in [0.2, 0.25) is 0 Å². The standard InChI is InChI=1S/C16H21Cl2NO/c17-15-6-5-13(12-2-1-7-19-8-12)14(16(15)18)10-20-9-11-3-4-11/h5-6,11-12,19H,1-4,7-10H2. The third-order valence-corrected chi connectivity index (χ3v) is 5.11. The van der Waals surface area contributed by atoms with E-state index >= 15 is 0 Å². The maximum atomic E-state index is 6.42. The molecule has 0 amide bonds. The second-order valence-electron chi connectivity index (χ2n) is 5.93. The van der Waals surface area contributed by atoms with Crippen molar-refractivity contribution in [3.8, 4) is 0 Å². The summed E-state index contributed by atoms with van der Waals surface area (Å²) in [5.41, 5.74) is 2.40. The van der Waals surface area contributed by atoms with Gasteiger partial charge in [-0.2, -0.15) is 0 Å². The lowest BCUT2D eigenvalue weighted by Crippen LogP contribution is -2.29. The average Bonchev–Trinajstić information content (AvgIpc) is 3.29. The van der Waals surface area contributed by atoms with Gasteiger partial charge in [-0.15, -0.1) is 0 Å². The van der Waals surface area contributed by atoms with Gasteiger partial charge in [0.1, 0.15) is 0 Å². The lowest BCUT2D eigenvalue weighted by molar-refractivity contribution is 0.110. The Balaban J connectivity index is 1.77. The maximum Gasteiger partial charge on any atom is 0.0734 e. The van der Waals surface area contributed by atoms with Gasteiger partial charge < -0.3 is 10.1 Å². The number of nitrogens with one attached hydrogen (secondary N) is 1. The Bertz CT molecular complexity index is 468. The van der Waals surface area contributed by atoms with E-state index in [2.05, 4.69) is 11.4 Å². The van der Waals surface area contributed by atoms with Crippen molar-refractivity contribution in [2.75, 3.05) is 19.7 Å². The van der Waals surface area contributed by atoms with Crippen molar-refractivity contribution in [1.82, 2.24) is 5.32 Å². The van der Waals surface area contributed by atoms with E-state index in [9.17, 15) is 0 Å². The van der Waals surface area contributed by atoms with Crippen LogP contribution in [0.2, 0.25) is 10.0 Å². The minimum Gasteiger partial charge on any atom is -0.376 e. The van der Waals surface area contributed by atoms with Crippen molar-refractivity contribution in [3.63, 3.8) is 0 Å². The molecule has 0 bridgehead atoms. The molecular formula is C16H21Cl2NO. The molecule has 1 heterocycles. The van der Waals surface area contributed by atoms with E-state index in [0.29, 0.717) is 22.6 Å². The summed E-state index contributed by atoms with van der Waals surface area (Å²) in [4.78, 5) is 0. The highest BCUT2D eigenvalue weighted by Crippen LogP contribution is 2.36. The molecule has 4 heteroatoms. The minimum atomic E-state index is 0.526. The van der Waals surface area contributed by atoms with E-state index in [-0.39, 0.29) is 0 Å². The molecule has 2 fully saturated rings. The van der Waals surface area contributed by atoms with E-state index < -0.39 is 0 Å². The Hall–Kier alpha value is -0.280. The second kappa shape index (κ2) is 6.65. The summed E-state index contributed by atoms with van der Waals surface area (Å²) in [6.07, 6.45) is 5.04. The summed E-state index contributed by atoms with van der Waals surface area (Å²) in [5.74, 6) is 1.30. The molecule has 1 aliphatic heterocycles. The zero-order valence-corrected chi connectivity index (χ0v) is 13.1. The zero-order valence-electron chi connectivity index (χ0n) is 11.6. The van der Waals surface area contributed by atoms with Crippen molar-refractivity contribution >= 4 is 23.2 Å². The van der Waals surface area contributed by atoms with Gasteiger partial charge in [0.15, 0.2) is 0 Å². The molecule has 0 spiro atoms. The number of piperidine rings is 1. The summed E-state index contributed by atoms with van der Waals surface area (Å²) in [5, 5.41) is 4.76. The zero-order chi connectivity index (χ0) is 13.9. The number of benzene rings is 1. The van der Waals surface area contributed by atoms with Crippen molar-refractivity contribution in [3.05, 3.63) is 33.3 Å². The molecule has 20 heavy (non-hydrogen) atoms. The van der Waals surface area contributed by atoms with Crippen LogP contribution in [0.1, 0.15) is 42.7 Å². The Morgan fingerprint density at radius 1 is 1.20 bits per heavy atom. The van der Waals surface area contributed by atoms with E-state index in [0.717, 1.165) is 31.2 Å². The molecule has 3 rings (SSSR count). The largest absolute Gasteiger partial charge is 0.376 e. The normalized spacial score (nSPS) is 23.0. The number of hydrogen-bond acceptors (Lipinski definition) is 2. The topological polar surface area (TPSA) is 21.3 Å². The molecular weight excluding hydrogens is 293 g/mol. The van der Waals surface area contributed by atoms with Crippen LogP contribution in [0.25, 0.3) is 0 Å². The van der Waals surface area contributed by atoms with Gasteiger partial charge in [0.25, 0.3) is 0 Å². The fourth-order valence-corrected chi connectivity index (χ4v) is 3.27. The lowest BCUT2D eigenvalue weighted by Gasteiger charge is -2.26. The predicted octanol–water partition coefficient (Wildman–Crippen LogP) is 4.39. The van der Waals surface area contributed by atoms with Crippen LogP contribution in [0.4, 0.5) is 0 Å². The summed E-state index contributed by atoms with van der Waals surface area (Å²) >= 11 is 12.6. The van der Waals surface area contributed by atoms with Gasteiger partial charge >= 0.3 is 0 Å². The van der Waals surface area contributed by atoms with Crippen LogP contribution in [-0.4, -0.2) is 19.7 Å². The van der Waals surface area contributed by atoms with Crippen molar-refractivity contribution < 1.29 is 4.74 Å². The van der Waals surface area contributed by atoms with Gasteiger partial charge in [-0.05, 0) is 55.7 Å². The highest BCUT2D eigenvalue weighted by atomic mass is 35.5. The first kappa shape index (κ1) is 14.6. The highest BCUT2D eigenvalue weighted by molar-refractivity contribution is 6.42. The number of ether oxygens (including phenoxy) is 1. The minimum absolute atomic E-state index is 0.526. The van der Waals surface area contributed by atoms with Gasteiger partial charge in [0.05, 0.1) is 16.7 Å². The quantitative estimate of drug-likeness (QED) is 0.870. The molecule has 0 aromatic heterocycles. The molecule has 110 valence electrons. The first-order chi connectivity index (χ1) is 9.75. The first-order valence-electron chi connectivity index (χ1n) is 7.51. The molecule has 2 nitrogen and oxygen atoms in total. The Morgan fingerprint density at radius 3 is 2.75 bits per heavy atom. The van der Waals surface area contributed by atoms with Crippen LogP contribution in [-0.2, 0) is 11.3 Å². The molecule has 1 saturated carbocycles. The lowest BCUT2D eigenvalue weighted by atomic mass is 9.88. The number of halogens is 2. The molecule has 0 radical (unpaired) electrons. The molecule has 1 unspecified atom stereocenters. The average molecular weight is 314 g/mol. The van der Waals surface area contributed by atoms with Crippen molar-refractivity contribution in [1.29, 1.82) is 0 Å². The fraction of sp³-hybridized carbons (Fsp3) is 0.625. The van der Waals surface area contributed by atoms with Crippen LogP contribution >= 0.6 is 23.2 Å². The molecule has 1 N–H and O–H groups in total. The van der Waals surface area contributed by atoms with Crippen LogP contribution < -0.4 is 5.32 Å². The summed E-state index contributed by atoms with van der Waals surface area (Å²) in [6, 6.07) is 4.04. The third kappa shape index (κ3) is 3.48. The Morgan fingerprint density at radius 2 is 2.05 bits per heavy atom. The molecule has 1 saturated heterocycles. The van der Waals surface area contributed by atoms with Crippen LogP contribution in [0.3, 0.4) is 0 Å². The second-order valence-corrected chi connectivity index (χ2v) is 6.72. The fourth-order valence-electron chi connectivity index (χ4n) is 2.87. The van der Waals surface area contributed by atoms with Crippen molar-refractivity contribution in [2.45, 2.75) is 38.2 Å². The monoisotopic (exact) mass is 313 g/mol. The first-order valence-corrected chi connectivity index (χ1v) is 8.26. The van der Waals surface area contributed by atoms with Gasteiger partial charge in [0, 0.05) is 18.7 Å². The molecule has 1 aromatic rings. The molecule has 2 aliphatic rings. The van der Waals surface area contributed by atoms with E-state index in [4.69, 9.17) is 27.9 Å². The summed E-state index contributed by atoms with van der Waals surface area (Å²) in [6.45, 7) is 3.58.